The fourth-order valence-corrected chi connectivity index (χ4v) is 7.72. The minimum Gasteiger partial charge on any atom is -0.445 e. The maximum Gasteiger partial charge on any atom is 0.407 e. The third-order valence-corrected chi connectivity index (χ3v) is 11.1. The van der Waals surface area contributed by atoms with E-state index in [9.17, 15) is 14.4 Å². The number of carbonyl (C=O) groups is 3. The molecule has 12 N–H and O–H groups in total. The van der Waals surface area contributed by atoms with Crippen LogP contribution in [0.25, 0.3) is 0 Å². The zero-order valence-corrected chi connectivity index (χ0v) is 34.9. The Bertz CT molecular complexity index is 2140. The van der Waals surface area contributed by atoms with Crippen LogP contribution in [0.1, 0.15) is 77.2 Å². The van der Waals surface area contributed by atoms with Crippen molar-refractivity contribution in [3.05, 3.63) is 141 Å². The maximum atomic E-state index is 11.8. The number of anilines is 3. The number of aromatic amines is 3. The summed E-state index contributed by atoms with van der Waals surface area (Å²) in [6.07, 6.45) is 5.97. The van der Waals surface area contributed by atoms with Crippen LogP contribution in [0.3, 0.4) is 0 Å². The van der Waals surface area contributed by atoms with Gasteiger partial charge in [0.2, 0.25) is 0 Å². The number of nitrogens with zero attached hydrogens (tertiary/aromatic N) is 3. The highest BCUT2D eigenvalue weighted by Gasteiger charge is 2.27. The first-order chi connectivity index (χ1) is 30.7. The number of aryl methyl sites for hydroxylation is 3. The molecule has 3 aromatic heterocycles. The Morgan fingerprint density at radius 2 is 0.750 bits per heavy atom. The number of carbonyl (C=O) groups excluding carboxylic acids is 3. The molecule has 0 bridgehead atoms. The van der Waals surface area contributed by atoms with Gasteiger partial charge in [-0.3, -0.25) is 15.3 Å². The number of H-pyrrole nitrogens is 3. The monoisotopic (exact) mass is 874 g/mol. The van der Waals surface area contributed by atoms with Gasteiger partial charge < -0.3 is 47.4 Å². The molecule has 0 radical (unpaired) electrons. The zero-order chi connectivity index (χ0) is 44.0. The Hall–Kier alpha value is -7.50. The number of benzene rings is 3. The van der Waals surface area contributed by atoms with E-state index in [-0.39, 0.29) is 45.4 Å². The Morgan fingerprint density at radius 3 is 1.02 bits per heavy atom. The lowest BCUT2D eigenvalue weighted by molar-refractivity contribution is 0.134. The van der Waals surface area contributed by atoms with Crippen molar-refractivity contribution < 1.29 is 28.6 Å². The fraction of sp³-hybridized carbons (Fsp3) is 0.348. The molecule has 6 aromatic rings. The van der Waals surface area contributed by atoms with E-state index in [1.807, 2.05) is 91.0 Å². The summed E-state index contributed by atoms with van der Waals surface area (Å²) >= 11 is 0. The van der Waals surface area contributed by atoms with Crippen LogP contribution in [0.5, 0.6) is 0 Å². The number of nitrogens with two attached hydrogens (primary N) is 3. The average molecular weight is 875 g/mol. The second-order valence-corrected chi connectivity index (χ2v) is 15.6. The zero-order valence-electron chi connectivity index (χ0n) is 34.9. The summed E-state index contributed by atoms with van der Waals surface area (Å²) in [5, 5.41) is 29.4. The lowest BCUT2D eigenvalue weighted by Crippen LogP contribution is -2.39. The molecule has 0 aliphatic heterocycles. The van der Waals surface area contributed by atoms with Crippen molar-refractivity contribution in [1.82, 2.24) is 46.5 Å². The number of nitrogens with one attached hydrogen (secondary N) is 6. The molecule has 3 aliphatic rings. The van der Waals surface area contributed by atoms with Crippen LogP contribution in [0.15, 0.2) is 91.0 Å². The van der Waals surface area contributed by atoms with Crippen LogP contribution < -0.4 is 33.2 Å². The summed E-state index contributed by atoms with van der Waals surface area (Å²) in [7, 11) is 0. The first kappa shape index (κ1) is 46.0. The predicted molar refractivity (Wildman–Crippen MR) is 242 cm³/mol. The largest absolute Gasteiger partial charge is 0.445 e. The molecule has 1 unspecified atom stereocenters. The standard InChI is InChI=1S/3C15H18N4O2.CH4/c3*16-14-12-8-11(6-7-13(12)18-19-14)17-15(20)21-9-10-4-2-1-3-5-10;/h3*1-5,11H,6-9H2,(H,17,20)(H3,16,18,19);1H4/t2*11-;;/m10../s1. The Balaban J connectivity index is 0.000000158. The summed E-state index contributed by atoms with van der Waals surface area (Å²) in [5.74, 6) is 1.57. The topological polar surface area (TPSA) is 279 Å². The number of fused-ring (bicyclic) bond motifs is 3. The van der Waals surface area contributed by atoms with Gasteiger partial charge in [-0.25, -0.2) is 14.4 Å². The van der Waals surface area contributed by atoms with Gasteiger partial charge in [0, 0.05) is 51.9 Å². The molecule has 3 heterocycles. The molecule has 3 amide bonds. The second kappa shape index (κ2) is 22.6. The molecule has 3 atom stereocenters. The van der Waals surface area contributed by atoms with Gasteiger partial charge in [-0.1, -0.05) is 98.4 Å². The van der Waals surface area contributed by atoms with E-state index in [4.69, 9.17) is 31.4 Å². The van der Waals surface area contributed by atoms with E-state index in [1.165, 1.54) is 0 Å². The minimum atomic E-state index is -0.394. The highest BCUT2D eigenvalue weighted by Crippen LogP contribution is 2.26. The van der Waals surface area contributed by atoms with E-state index in [1.54, 1.807) is 0 Å². The highest BCUT2D eigenvalue weighted by molar-refractivity contribution is 5.69. The lowest BCUT2D eigenvalue weighted by Gasteiger charge is -2.22. The fourth-order valence-electron chi connectivity index (χ4n) is 7.72. The molecule has 0 fully saturated rings. The molecule has 64 heavy (non-hydrogen) atoms. The minimum absolute atomic E-state index is 0. The van der Waals surface area contributed by atoms with Crippen LogP contribution in [-0.2, 0) is 72.6 Å². The molecular weight excluding hydrogens is 817 g/mol. The molecule has 338 valence electrons. The maximum absolute atomic E-state index is 11.8. The molecule has 3 aromatic carbocycles. The van der Waals surface area contributed by atoms with Gasteiger partial charge in [-0.2, -0.15) is 15.3 Å². The first-order valence-electron chi connectivity index (χ1n) is 21.0. The second-order valence-electron chi connectivity index (χ2n) is 15.6. The quantitative estimate of drug-likeness (QED) is 0.0761. The summed E-state index contributed by atoms with van der Waals surface area (Å²) in [5.41, 5.74) is 26.6. The highest BCUT2D eigenvalue weighted by atomic mass is 16.6. The van der Waals surface area contributed by atoms with Gasteiger partial charge in [0.1, 0.15) is 37.3 Å². The van der Waals surface area contributed by atoms with Crippen molar-refractivity contribution in [2.75, 3.05) is 17.2 Å². The predicted octanol–water partition coefficient (Wildman–Crippen LogP) is 5.96. The molecule has 3 aliphatic carbocycles. The van der Waals surface area contributed by atoms with Crippen LogP contribution in [-0.4, -0.2) is 67.0 Å². The molecule has 18 nitrogen and oxygen atoms in total. The summed E-state index contributed by atoms with van der Waals surface area (Å²) in [6, 6.07) is 29.0. The van der Waals surface area contributed by atoms with E-state index < -0.39 is 18.3 Å². The molecule has 0 saturated heterocycles. The van der Waals surface area contributed by atoms with E-state index in [0.717, 1.165) is 89.0 Å². The van der Waals surface area contributed by atoms with Crippen molar-refractivity contribution in [2.45, 2.75) is 103 Å². The van der Waals surface area contributed by atoms with E-state index >= 15 is 0 Å². The first-order valence-corrected chi connectivity index (χ1v) is 21.0. The van der Waals surface area contributed by atoms with Crippen molar-refractivity contribution in [1.29, 1.82) is 0 Å². The van der Waals surface area contributed by atoms with E-state index in [2.05, 4.69) is 46.5 Å². The van der Waals surface area contributed by atoms with E-state index in [0.29, 0.717) is 36.7 Å². The van der Waals surface area contributed by atoms with Gasteiger partial charge in [0.25, 0.3) is 0 Å². The summed E-state index contributed by atoms with van der Waals surface area (Å²) in [4.78, 5) is 35.5. The van der Waals surface area contributed by atoms with Crippen molar-refractivity contribution >= 4 is 35.7 Å². The smallest absolute Gasteiger partial charge is 0.407 e. The summed E-state index contributed by atoms with van der Waals surface area (Å²) in [6.45, 7) is 0.829. The number of ether oxygens (including phenoxy) is 3. The van der Waals surface area contributed by atoms with Gasteiger partial charge in [0.05, 0.1) is 0 Å². The van der Waals surface area contributed by atoms with Crippen LogP contribution >= 0.6 is 0 Å². The van der Waals surface area contributed by atoms with Gasteiger partial charge in [-0.05, 0) is 74.5 Å². The SMILES string of the molecule is C.Nc1n[nH]c2c1CC(NC(=O)OCc1ccccc1)CC2.Nc1n[nH]c2c1C[C@@H](NC(=O)OCc1ccccc1)CC2.Nc1n[nH]c2c1C[C@H](NC(=O)OCc1ccccc1)CC2. The molecule has 0 spiro atoms. The van der Waals surface area contributed by atoms with Crippen molar-refractivity contribution in [3.63, 3.8) is 0 Å². The Labute approximate surface area is 371 Å². The van der Waals surface area contributed by atoms with Gasteiger partial charge in [-0.15, -0.1) is 0 Å². The summed E-state index contributed by atoms with van der Waals surface area (Å²) < 4.78 is 15.7. The average Bonchev–Trinajstić information content (AvgIpc) is 4.00. The molecule has 9 rings (SSSR count). The normalized spacial score (nSPS) is 16.8. The van der Waals surface area contributed by atoms with Crippen LogP contribution in [0, 0.1) is 0 Å². The third-order valence-electron chi connectivity index (χ3n) is 11.1. The van der Waals surface area contributed by atoms with Crippen LogP contribution in [0.2, 0.25) is 0 Å². The number of alkyl carbamates (subject to hydrolysis) is 3. The molecule has 18 heteroatoms. The van der Waals surface area contributed by atoms with Crippen molar-refractivity contribution in [3.8, 4) is 0 Å². The lowest BCUT2D eigenvalue weighted by atomic mass is 9.93. The van der Waals surface area contributed by atoms with Gasteiger partial charge >= 0.3 is 18.3 Å². The number of hydrogen-bond donors (Lipinski definition) is 9. The number of aromatic nitrogens is 6. The third kappa shape index (κ3) is 13.0. The Morgan fingerprint density at radius 1 is 0.484 bits per heavy atom. The molecule has 0 saturated carbocycles. The number of amides is 3. The number of nitrogen functional groups attached to an aromatic ring is 3. The van der Waals surface area contributed by atoms with Crippen molar-refractivity contribution in [2.24, 2.45) is 0 Å². The van der Waals surface area contributed by atoms with Crippen LogP contribution in [0.4, 0.5) is 31.8 Å². The molecular formula is C46H58N12O6. The van der Waals surface area contributed by atoms with Gasteiger partial charge in [0.15, 0.2) is 0 Å². The number of hydrogen-bond acceptors (Lipinski definition) is 12. The Kier molecular flexibility index (Phi) is 16.2. The number of rotatable bonds is 9.